The van der Waals surface area contributed by atoms with Gasteiger partial charge in [-0.25, -0.2) is 0 Å². The number of hydrogen-bond donors (Lipinski definition) is 2. The van der Waals surface area contributed by atoms with Gasteiger partial charge in [0.1, 0.15) is 0 Å². The fourth-order valence-corrected chi connectivity index (χ4v) is 4.26. The summed E-state index contributed by atoms with van der Waals surface area (Å²) in [5.41, 5.74) is 7.36. The highest BCUT2D eigenvalue weighted by Crippen LogP contribution is 2.47. The van der Waals surface area contributed by atoms with E-state index in [2.05, 4.69) is 20.8 Å². The van der Waals surface area contributed by atoms with E-state index in [1.54, 1.807) is 18.2 Å². The molecular weight excluding hydrogens is 286 g/mol. The van der Waals surface area contributed by atoms with Crippen molar-refractivity contribution in [3.63, 3.8) is 0 Å². The van der Waals surface area contributed by atoms with E-state index >= 15 is 0 Å². The van der Waals surface area contributed by atoms with Crippen molar-refractivity contribution in [2.45, 2.75) is 46.0 Å². The normalized spacial score (nSPS) is 26.3. The zero-order chi connectivity index (χ0) is 15.8. The molecule has 1 aliphatic rings. The molecule has 0 bridgehead atoms. The van der Waals surface area contributed by atoms with E-state index in [1.807, 2.05) is 0 Å². The second-order valence-electron chi connectivity index (χ2n) is 7.26. The summed E-state index contributed by atoms with van der Waals surface area (Å²) in [6.45, 7) is 6.64. The number of carbonyl (C=O) groups is 1. The number of anilines is 1. The standard InChI is InChI=1S/C17H24ClNO2/c1-10-6-11(9-17(2,3)8-10)15(16(20)21)13-7-12(18)4-5-14(13)19/h4-5,7,10-11,15H,6,8-9,19H2,1-3H3,(H,20,21). The average molecular weight is 310 g/mol. The number of nitrogens with two attached hydrogens (primary N) is 1. The third kappa shape index (κ3) is 3.70. The highest BCUT2D eigenvalue weighted by Gasteiger charge is 2.40. The van der Waals surface area contributed by atoms with Gasteiger partial charge in [0, 0.05) is 10.7 Å². The van der Waals surface area contributed by atoms with E-state index in [0.717, 1.165) is 19.3 Å². The minimum absolute atomic E-state index is 0.0991. The second-order valence-corrected chi connectivity index (χ2v) is 7.70. The summed E-state index contributed by atoms with van der Waals surface area (Å²) in [4.78, 5) is 11.9. The van der Waals surface area contributed by atoms with Crippen LogP contribution in [0.25, 0.3) is 0 Å². The molecule has 1 fully saturated rings. The van der Waals surface area contributed by atoms with Crippen molar-refractivity contribution < 1.29 is 9.90 Å². The van der Waals surface area contributed by atoms with Gasteiger partial charge in [-0.15, -0.1) is 0 Å². The van der Waals surface area contributed by atoms with Crippen molar-refractivity contribution in [3.05, 3.63) is 28.8 Å². The summed E-state index contributed by atoms with van der Waals surface area (Å²) in [7, 11) is 0. The lowest BCUT2D eigenvalue weighted by molar-refractivity contribution is -0.141. The van der Waals surface area contributed by atoms with Gasteiger partial charge in [0.2, 0.25) is 0 Å². The SMILES string of the molecule is CC1CC(C(C(=O)O)c2cc(Cl)ccc2N)CC(C)(C)C1. The predicted molar refractivity (Wildman–Crippen MR) is 86.5 cm³/mol. The molecule has 4 heteroatoms. The molecular formula is C17H24ClNO2. The summed E-state index contributed by atoms with van der Waals surface area (Å²) in [6, 6.07) is 5.11. The smallest absolute Gasteiger partial charge is 0.311 e. The first-order valence-corrected chi connectivity index (χ1v) is 7.85. The third-order valence-corrected chi connectivity index (χ3v) is 4.78. The number of aliphatic carboxylic acids is 1. The Morgan fingerprint density at radius 3 is 2.67 bits per heavy atom. The zero-order valence-electron chi connectivity index (χ0n) is 12.9. The number of benzene rings is 1. The van der Waals surface area contributed by atoms with Crippen LogP contribution < -0.4 is 5.73 Å². The molecule has 116 valence electrons. The van der Waals surface area contributed by atoms with Crippen LogP contribution in [-0.4, -0.2) is 11.1 Å². The van der Waals surface area contributed by atoms with Gasteiger partial charge in [0.15, 0.2) is 0 Å². The molecule has 0 amide bonds. The Kier molecular flexibility index (Phi) is 4.52. The summed E-state index contributed by atoms with van der Waals surface area (Å²) in [5.74, 6) is -0.757. The predicted octanol–water partition coefficient (Wildman–Crippen LogP) is 4.55. The number of hydrogen-bond acceptors (Lipinski definition) is 2. The van der Waals surface area contributed by atoms with Crippen molar-refractivity contribution in [1.82, 2.24) is 0 Å². The number of carboxylic acids is 1. The Balaban J connectivity index is 2.39. The molecule has 3 unspecified atom stereocenters. The van der Waals surface area contributed by atoms with Crippen molar-refractivity contribution in [2.75, 3.05) is 5.73 Å². The van der Waals surface area contributed by atoms with Crippen LogP contribution in [0.2, 0.25) is 5.02 Å². The first-order valence-electron chi connectivity index (χ1n) is 7.47. The van der Waals surface area contributed by atoms with Crippen LogP contribution in [0.15, 0.2) is 18.2 Å². The maximum atomic E-state index is 11.9. The van der Waals surface area contributed by atoms with Crippen molar-refractivity contribution in [2.24, 2.45) is 17.3 Å². The molecule has 21 heavy (non-hydrogen) atoms. The van der Waals surface area contributed by atoms with Gasteiger partial charge in [0.05, 0.1) is 5.92 Å². The van der Waals surface area contributed by atoms with Crippen LogP contribution in [0.3, 0.4) is 0 Å². The van der Waals surface area contributed by atoms with Gasteiger partial charge in [-0.3, -0.25) is 4.79 Å². The van der Waals surface area contributed by atoms with Crippen molar-refractivity contribution in [1.29, 1.82) is 0 Å². The Labute approximate surface area is 131 Å². The molecule has 0 spiro atoms. The molecule has 1 aliphatic carbocycles. The van der Waals surface area contributed by atoms with E-state index in [1.165, 1.54) is 0 Å². The molecule has 3 nitrogen and oxygen atoms in total. The molecule has 1 aromatic carbocycles. The molecule has 2 rings (SSSR count). The second kappa shape index (κ2) is 5.88. The molecule has 0 aromatic heterocycles. The van der Waals surface area contributed by atoms with E-state index in [0.29, 0.717) is 22.2 Å². The van der Waals surface area contributed by atoms with Gasteiger partial charge < -0.3 is 10.8 Å². The fraction of sp³-hybridized carbons (Fsp3) is 0.588. The summed E-state index contributed by atoms with van der Waals surface area (Å²) in [6.07, 6.45) is 2.97. The Bertz CT molecular complexity index is 542. The minimum Gasteiger partial charge on any atom is -0.481 e. The first kappa shape index (κ1) is 16.2. The van der Waals surface area contributed by atoms with Crippen molar-refractivity contribution >= 4 is 23.3 Å². The number of carboxylic acid groups (broad SMARTS) is 1. The molecule has 3 atom stereocenters. The highest BCUT2D eigenvalue weighted by molar-refractivity contribution is 6.30. The van der Waals surface area contributed by atoms with Crippen LogP contribution in [0.1, 0.15) is 51.5 Å². The third-order valence-electron chi connectivity index (χ3n) is 4.54. The lowest BCUT2D eigenvalue weighted by Crippen LogP contribution is -2.34. The van der Waals surface area contributed by atoms with Gasteiger partial charge >= 0.3 is 5.97 Å². The van der Waals surface area contributed by atoms with E-state index in [-0.39, 0.29) is 11.3 Å². The number of rotatable bonds is 3. The highest BCUT2D eigenvalue weighted by atomic mass is 35.5. The average Bonchev–Trinajstić information content (AvgIpc) is 2.30. The molecule has 3 N–H and O–H groups in total. The minimum atomic E-state index is -0.807. The first-order chi connectivity index (χ1) is 9.69. The van der Waals surface area contributed by atoms with Crippen molar-refractivity contribution in [3.8, 4) is 0 Å². The van der Waals surface area contributed by atoms with Gasteiger partial charge in [0.25, 0.3) is 0 Å². The lowest BCUT2D eigenvalue weighted by atomic mass is 9.63. The van der Waals surface area contributed by atoms with E-state index in [4.69, 9.17) is 17.3 Å². The molecule has 1 saturated carbocycles. The largest absolute Gasteiger partial charge is 0.481 e. The molecule has 0 radical (unpaired) electrons. The van der Waals surface area contributed by atoms with E-state index in [9.17, 15) is 9.90 Å². The van der Waals surface area contributed by atoms with Gasteiger partial charge in [-0.2, -0.15) is 0 Å². The lowest BCUT2D eigenvalue weighted by Gasteiger charge is -2.41. The quantitative estimate of drug-likeness (QED) is 0.805. The van der Waals surface area contributed by atoms with Crippen LogP contribution in [0, 0.1) is 17.3 Å². The topological polar surface area (TPSA) is 63.3 Å². The molecule has 0 saturated heterocycles. The molecule has 0 aliphatic heterocycles. The summed E-state index contributed by atoms with van der Waals surface area (Å²) >= 11 is 6.04. The maximum absolute atomic E-state index is 11.9. The van der Waals surface area contributed by atoms with Crippen LogP contribution in [-0.2, 0) is 4.79 Å². The number of halogens is 1. The fourth-order valence-electron chi connectivity index (χ4n) is 4.08. The zero-order valence-corrected chi connectivity index (χ0v) is 13.7. The van der Waals surface area contributed by atoms with Gasteiger partial charge in [-0.1, -0.05) is 32.4 Å². The molecule has 1 aromatic rings. The summed E-state index contributed by atoms with van der Waals surface area (Å²) < 4.78 is 0. The summed E-state index contributed by atoms with van der Waals surface area (Å²) in [5, 5.41) is 10.3. The number of nitrogen functional groups attached to an aromatic ring is 1. The maximum Gasteiger partial charge on any atom is 0.311 e. The monoisotopic (exact) mass is 309 g/mol. The van der Waals surface area contributed by atoms with Gasteiger partial charge in [-0.05, 0) is 60.3 Å². The Morgan fingerprint density at radius 2 is 2.10 bits per heavy atom. The Hall–Kier alpha value is -1.22. The Morgan fingerprint density at radius 1 is 1.43 bits per heavy atom. The van der Waals surface area contributed by atoms with Crippen LogP contribution in [0.4, 0.5) is 5.69 Å². The van der Waals surface area contributed by atoms with E-state index < -0.39 is 11.9 Å². The molecule has 0 heterocycles. The van der Waals surface area contributed by atoms with Crippen LogP contribution in [0.5, 0.6) is 0 Å². The van der Waals surface area contributed by atoms with Crippen LogP contribution >= 0.6 is 11.6 Å².